The summed E-state index contributed by atoms with van der Waals surface area (Å²) in [6, 6.07) is 3.04. The van der Waals surface area contributed by atoms with E-state index in [2.05, 4.69) is 15.1 Å². The van der Waals surface area contributed by atoms with E-state index >= 15 is 0 Å². The first-order valence-electron chi connectivity index (χ1n) is 8.88. The number of piperidine rings is 1. The van der Waals surface area contributed by atoms with Crippen molar-refractivity contribution in [2.75, 3.05) is 6.54 Å². The molecule has 0 saturated carbocycles. The molecule has 1 aliphatic rings. The number of amides is 1. The molecule has 0 radical (unpaired) electrons. The molecule has 1 saturated heterocycles. The lowest BCUT2D eigenvalue weighted by atomic mass is 9.98. The normalized spacial score (nSPS) is 18.0. The Morgan fingerprint density at radius 1 is 1.35 bits per heavy atom. The number of hydrogen-bond acceptors (Lipinski definition) is 5. The SMILES string of the molecule is CC(C)c1cc(C(=O)N2CCCC[C@@H]2c2cc(=O)n3ccnc3[nH]2)on1. The van der Waals surface area contributed by atoms with Gasteiger partial charge in [-0.15, -0.1) is 0 Å². The molecule has 136 valence electrons. The zero-order chi connectivity index (χ0) is 18.3. The second-order valence-corrected chi connectivity index (χ2v) is 6.96. The van der Waals surface area contributed by atoms with Gasteiger partial charge in [-0.25, -0.2) is 4.98 Å². The van der Waals surface area contributed by atoms with E-state index in [1.165, 1.54) is 4.40 Å². The van der Waals surface area contributed by atoms with Crippen LogP contribution in [-0.2, 0) is 0 Å². The molecule has 4 heterocycles. The maximum Gasteiger partial charge on any atom is 0.293 e. The van der Waals surface area contributed by atoms with Gasteiger partial charge >= 0.3 is 0 Å². The number of hydrogen-bond donors (Lipinski definition) is 1. The summed E-state index contributed by atoms with van der Waals surface area (Å²) in [5.74, 6) is 0.715. The number of carbonyl (C=O) groups excluding carboxylic acids is 1. The lowest BCUT2D eigenvalue weighted by Gasteiger charge is -2.35. The summed E-state index contributed by atoms with van der Waals surface area (Å²) in [6.45, 7) is 4.61. The first kappa shape index (κ1) is 16.6. The van der Waals surface area contributed by atoms with E-state index in [4.69, 9.17) is 4.52 Å². The number of nitrogens with zero attached hydrogens (tertiary/aromatic N) is 4. The predicted octanol–water partition coefficient (Wildman–Crippen LogP) is 2.50. The van der Waals surface area contributed by atoms with Gasteiger partial charge in [0.15, 0.2) is 0 Å². The number of aromatic amines is 1. The number of carbonyl (C=O) groups is 1. The van der Waals surface area contributed by atoms with Crippen LogP contribution in [0.2, 0.25) is 0 Å². The molecule has 0 bridgehead atoms. The fourth-order valence-electron chi connectivity index (χ4n) is 3.42. The summed E-state index contributed by atoms with van der Waals surface area (Å²) in [5, 5.41) is 3.98. The Morgan fingerprint density at radius 2 is 2.19 bits per heavy atom. The molecule has 4 rings (SSSR count). The maximum atomic E-state index is 13.0. The van der Waals surface area contributed by atoms with Crippen LogP contribution in [0.3, 0.4) is 0 Å². The van der Waals surface area contributed by atoms with Gasteiger partial charge in [0.05, 0.1) is 11.7 Å². The molecule has 1 atom stereocenters. The molecule has 8 nitrogen and oxygen atoms in total. The highest BCUT2D eigenvalue weighted by Crippen LogP contribution is 2.31. The van der Waals surface area contributed by atoms with Crippen LogP contribution in [0.4, 0.5) is 0 Å². The molecular weight excluding hydrogens is 334 g/mol. The Morgan fingerprint density at radius 3 is 2.96 bits per heavy atom. The number of nitrogens with one attached hydrogen (secondary N) is 1. The van der Waals surface area contributed by atoms with Crippen LogP contribution in [0.1, 0.15) is 67.0 Å². The summed E-state index contributed by atoms with van der Waals surface area (Å²) in [6.07, 6.45) is 5.88. The van der Waals surface area contributed by atoms with Gasteiger partial charge in [0, 0.05) is 36.8 Å². The minimum Gasteiger partial charge on any atom is -0.351 e. The Kier molecular flexibility index (Phi) is 4.10. The van der Waals surface area contributed by atoms with E-state index in [9.17, 15) is 9.59 Å². The summed E-state index contributed by atoms with van der Waals surface area (Å²) in [7, 11) is 0. The summed E-state index contributed by atoms with van der Waals surface area (Å²) >= 11 is 0. The van der Waals surface area contributed by atoms with E-state index in [0.29, 0.717) is 18.0 Å². The van der Waals surface area contributed by atoms with E-state index in [1.807, 2.05) is 13.8 Å². The zero-order valence-electron chi connectivity index (χ0n) is 14.8. The van der Waals surface area contributed by atoms with E-state index in [0.717, 1.165) is 25.0 Å². The highest BCUT2D eigenvalue weighted by molar-refractivity contribution is 5.91. The minimum atomic E-state index is -0.210. The summed E-state index contributed by atoms with van der Waals surface area (Å²) in [5.41, 5.74) is 1.30. The Labute approximate surface area is 149 Å². The largest absolute Gasteiger partial charge is 0.351 e. The van der Waals surface area contributed by atoms with Crippen molar-refractivity contribution in [1.29, 1.82) is 0 Å². The van der Waals surface area contributed by atoms with Crippen LogP contribution >= 0.6 is 0 Å². The monoisotopic (exact) mass is 355 g/mol. The average molecular weight is 355 g/mol. The van der Waals surface area contributed by atoms with Crippen molar-refractivity contribution in [2.45, 2.75) is 45.1 Å². The molecule has 0 aromatic carbocycles. The van der Waals surface area contributed by atoms with Gasteiger partial charge in [0.25, 0.3) is 11.5 Å². The first-order valence-corrected chi connectivity index (χ1v) is 8.88. The topological polar surface area (TPSA) is 96.5 Å². The molecule has 8 heteroatoms. The summed E-state index contributed by atoms with van der Waals surface area (Å²) in [4.78, 5) is 34.4. The second-order valence-electron chi connectivity index (χ2n) is 6.96. The van der Waals surface area contributed by atoms with Crippen LogP contribution in [0.15, 0.2) is 33.8 Å². The molecule has 3 aromatic heterocycles. The van der Waals surface area contributed by atoms with Crippen LogP contribution in [-0.4, -0.2) is 36.9 Å². The smallest absolute Gasteiger partial charge is 0.293 e. The van der Waals surface area contributed by atoms with Gasteiger partial charge in [-0.1, -0.05) is 19.0 Å². The van der Waals surface area contributed by atoms with Crippen LogP contribution < -0.4 is 5.56 Å². The Bertz CT molecular complexity index is 1000. The van der Waals surface area contributed by atoms with Crippen molar-refractivity contribution < 1.29 is 9.32 Å². The molecule has 0 unspecified atom stereocenters. The highest BCUT2D eigenvalue weighted by Gasteiger charge is 2.32. The third-order valence-electron chi connectivity index (χ3n) is 4.87. The number of imidazole rings is 1. The van der Waals surface area contributed by atoms with Crippen molar-refractivity contribution in [3.8, 4) is 0 Å². The summed E-state index contributed by atoms with van der Waals surface area (Å²) < 4.78 is 6.73. The van der Waals surface area contributed by atoms with Crippen molar-refractivity contribution in [3.63, 3.8) is 0 Å². The van der Waals surface area contributed by atoms with Crippen molar-refractivity contribution in [2.24, 2.45) is 0 Å². The second kappa shape index (κ2) is 6.44. The quantitative estimate of drug-likeness (QED) is 0.779. The molecule has 1 amide bonds. The molecular formula is C18H21N5O3. The molecule has 1 N–H and O–H groups in total. The van der Waals surface area contributed by atoms with Gasteiger partial charge in [-0.2, -0.15) is 0 Å². The van der Waals surface area contributed by atoms with Gasteiger partial charge in [0.2, 0.25) is 11.5 Å². The van der Waals surface area contributed by atoms with Gasteiger partial charge < -0.3 is 14.4 Å². The molecule has 3 aromatic rings. The fraction of sp³-hybridized carbons (Fsp3) is 0.444. The Balaban J connectivity index is 1.69. The first-order chi connectivity index (χ1) is 12.5. The predicted molar refractivity (Wildman–Crippen MR) is 94.0 cm³/mol. The number of aromatic nitrogens is 4. The highest BCUT2D eigenvalue weighted by atomic mass is 16.5. The number of likely N-dealkylation sites (tertiary alicyclic amines) is 1. The lowest BCUT2D eigenvalue weighted by Crippen LogP contribution is -2.39. The third-order valence-corrected chi connectivity index (χ3v) is 4.87. The minimum absolute atomic E-state index is 0.161. The standard InChI is InChI=1S/C18H21N5O3/c1-11(2)12-9-15(26-21-12)17(25)22-7-4-3-5-14(22)13-10-16(24)23-8-6-19-18(23)20-13/h6,8-11,14H,3-5,7H2,1-2H3,(H,19,20)/t14-/m1/s1. The van der Waals surface area contributed by atoms with Crippen LogP contribution in [0.5, 0.6) is 0 Å². The average Bonchev–Trinajstić information content (AvgIpc) is 3.30. The molecule has 0 spiro atoms. The van der Waals surface area contributed by atoms with Gasteiger partial charge in [0.1, 0.15) is 0 Å². The molecule has 26 heavy (non-hydrogen) atoms. The fourth-order valence-corrected chi connectivity index (χ4v) is 3.42. The van der Waals surface area contributed by atoms with Crippen LogP contribution in [0, 0.1) is 0 Å². The number of H-pyrrole nitrogens is 1. The van der Waals surface area contributed by atoms with Crippen molar-refractivity contribution in [3.05, 3.63) is 52.0 Å². The van der Waals surface area contributed by atoms with Crippen LogP contribution in [0.25, 0.3) is 5.78 Å². The number of fused-ring (bicyclic) bond motifs is 1. The third kappa shape index (κ3) is 2.81. The molecule has 1 fully saturated rings. The van der Waals surface area contributed by atoms with E-state index < -0.39 is 0 Å². The van der Waals surface area contributed by atoms with Gasteiger partial charge in [-0.3, -0.25) is 14.0 Å². The lowest BCUT2D eigenvalue weighted by molar-refractivity contribution is 0.0563. The van der Waals surface area contributed by atoms with E-state index in [-0.39, 0.29) is 29.2 Å². The maximum absolute atomic E-state index is 13.0. The number of rotatable bonds is 3. The zero-order valence-corrected chi connectivity index (χ0v) is 14.8. The van der Waals surface area contributed by atoms with Crippen molar-refractivity contribution >= 4 is 11.7 Å². The Hall–Kier alpha value is -2.90. The van der Waals surface area contributed by atoms with Gasteiger partial charge in [-0.05, 0) is 25.2 Å². The molecule has 1 aliphatic heterocycles. The van der Waals surface area contributed by atoms with E-state index in [1.54, 1.807) is 29.4 Å². The molecule has 0 aliphatic carbocycles. The van der Waals surface area contributed by atoms with Crippen molar-refractivity contribution in [1.82, 2.24) is 24.4 Å².